The molecule has 1 aromatic rings. The van der Waals surface area contributed by atoms with Crippen molar-refractivity contribution in [3.8, 4) is 6.07 Å². The molecule has 84 valence electrons. The van der Waals surface area contributed by atoms with Gasteiger partial charge in [0, 0.05) is 9.77 Å². The van der Waals surface area contributed by atoms with Crippen LogP contribution in [0.15, 0.2) is 6.20 Å². The molecule has 0 aliphatic carbocycles. The average molecular weight is 338 g/mol. The van der Waals surface area contributed by atoms with Crippen molar-refractivity contribution in [2.75, 3.05) is 0 Å². The number of alkyl halides is 2. The summed E-state index contributed by atoms with van der Waals surface area (Å²) < 4.78 is 25.4. The molecule has 0 bridgehead atoms. The molecule has 0 fully saturated rings. The van der Waals surface area contributed by atoms with E-state index in [4.69, 9.17) is 10.4 Å². The van der Waals surface area contributed by atoms with E-state index in [0.717, 1.165) is 6.20 Å². The number of carbonyl (C=O) groups is 1. The van der Waals surface area contributed by atoms with Gasteiger partial charge >= 0.3 is 5.97 Å². The number of hydrogen-bond donors (Lipinski definition) is 1. The summed E-state index contributed by atoms with van der Waals surface area (Å²) in [5.41, 5.74) is -0.927. The van der Waals surface area contributed by atoms with E-state index in [2.05, 4.69) is 4.98 Å². The lowest BCUT2D eigenvalue weighted by Gasteiger charge is -2.08. The molecule has 1 heterocycles. The van der Waals surface area contributed by atoms with Crippen LogP contribution in [0.3, 0.4) is 0 Å². The van der Waals surface area contributed by atoms with Crippen LogP contribution in [0.25, 0.3) is 0 Å². The Morgan fingerprint density at radius 2 is 2.31 bits per heavy atom. The lowest BCUT2D eigenvalue weighted by Crippen LogP contribution is -2.08. The Balaban J connectivity index is 3.39. The molecule has 1 aromatic heterocycles. The number of aromatic nitrogens is 1. The number of hydrogen-bond acceptors (Lipinski definition) is 3. The number of carboxylic acid groups (broad SMARTS) is 1. The van der Waals surface area contributed by atoms with Crippen LogP contribution in [-0.4, -0.2) is 16.1 Å². The van der Waals surface area contributed by atoms with Crippen molar-refractivity contribution in [2.24, 2.45) is 0 Å². The second-order valence-corrected chi connectivity index (χ2v) is 3.99. The van der Waals surface area contributed by atoms with Gasteiger partial charge in [0.25, 0.3) is 6.43 Å². The molecule has 0 aliphatic heterocycles. The zero-order valence-corrected chi connectivity index (χ0v) is 9.90. The van der Waals surface area contributed by atoms with E-state index in [1.54, 1.807) is 28.7 Å². The fraction of sp³-hybridized carbons (Fsp3) is 0.222. The normalized spacial score (nSPS) is 10.2. The molecule has 0 amide bonds. The highest BCUT2D eigenvalue weighted by Crippen LogP contribution is 2.26. The summed E-state index contributed by atoms with van der Waals surface area (Å²) in [4.78, 5) is 14.0. The van der Waals surface area contributed by atoms with Gasteiger partial charge in [0.2, 0.25) is 0 Å². The Morgan fingerprint density at radius 1 is 1.69 bits per heavy atom. The highest BCUT2D eigenvalue weighted by molar-refractivity contribution is 14.1. The summed E-state index contributed by atoms with van der Waals surface area (Å²) >= 11 is 1.76. The highest BCUT2D eigenvalue weighted by Gasteiger charge is 2.21. The van der Waals surface area contributed by atoms with Gasteiger partial charge in [-0.15, -0.1) is 0 Å². The zero-order valence-electron chi connectivity index (χ0n) is 7.75. The summed E-state index contributed by atoms with van der Waals surface area (Å²) in [5, 5.41) is 17.4. The Hall–Kier alpha value is -1.30. The van der Waals surface area contributed by atoms with E-state index in [0.29, 0.717) is 3.57 Å². The van der Waals surface area contributed by atoms with Crippen molar-refractivity contribution in [1.82, 2.24) is 4.98 Å². The molecule has 1 rings (SSSR count). The van der Waals surface area contributed by atoms with Crippen LogP contribution in [0.1, 0.15) is 23.2 Å². The van der Waals surface area contributed by atoms with Gasteiger partial charge in [0.15, 0.2) is 0 Å². The predicted octanol–water partition coefficient (Wildman–Crippen LogP) is 2.12. The molecule has 7 heteroatoms. The van der Waals surface area contributed by atoms with Gasteiger partial charge in [0.1, 0.15) is 11.8 Å². The monoisotopic (exact) mass is 338 g/mol. The predicted molar refractivity (Wildman–Crippen MR) is 58.0 cm³/mol. The SMILES string of the molecule is N#Cc1c(C(F)F)ncc(I)c1CC(=O)O. The van der Waals surface area contributed by atoms with Crippen molar-refractivity contribution in [3.63, 3.8) is 0 Å². The Kier molecular flexibility index (Phi) is 4.12. The van der Waals surface area contributed by atoms with Crippen molar-refractivity contribution < 1.29 is 18.7 Å². The van der Waals surface area contributed by atoms with Gasteiger partial charge in [-0.25, -0.2) is 8.78 Å². The van der Waals surface area contributed by atoms with E-state index >= 15 is 0 Å². The number of rotatable bonds is 3. The van der Waals surface area contributed by atoms with Crippen molar-refractivity contribution in [1.29, 1.82) is 5.26 Å². The van der Waals surface area contributed by atoms with Gasteiger partial charge in [-0.05, 0) is 28.2 Å². The van der Waals surface area contributed by atoms with Crippen LogP contribution in [0, 0.1) is 14.9 Å². The Morgan fingerprint density at radius 3 is 2.75 bits per heavy atom. The first-order valence-electron chi connectivity index (χ1n) is 4.04. The number of nitriles is 1. The van der Waals surface area contributed by atoms with Gasteiger partial charge in [-0.2, -0.15) is 5.26 Å². The number of aliphatic carboxylic acids is 1. The molecular weight excluding hydrogens is 333 g/mol. The Bertz CT molecular complexity index is 471. The van der Waals surface area contributed by atoms with Gasteiger partial charge in [0.05, 0.1) is 12.0 Å². The first-order valence-corrected chi connectivity index (χ1v) is 5.12. The summed E-state index contributed by atoms with van der Waals surface area (Å²) in [6, 6.07) is 1.58. The molecule has 0 spiro atoms. The van der Waals surface area contributed by atoms with E-state index in [-0.39, 0.29) is 11.1 Å². The summed E-state index contributed by atoms with van der Waals surface area (Å²) in [7, 11) is 0. The fourth-order valence-electron chi connectivity index (χ4n) is 1.16. The molecule has 1 N–H and O–H groups in total. The van der Waals surface area contributed by atoms with Crippen LogP contribution in [0.4, 0.5) is 8.78 Å². The third-order valence-corrected chi connectivity index (χ3v) is 2.74. The van der Waals surface area contributed by atoms with Gasteiger partial charge in [-0.3, -0.25) is 9.78 Å². The maximum atomic E-state index is 12.5. The fourth-order valence-corrected chi connectivity index (χ4v) is 1.76. The molecule has 16 heavy (non-hydrogen) atoms. The lowest BCUT2D eigenvalue weighted by atomic mass is 10.0. The molecule has 0 aliphatic rings. The molecule has 0 saturated heterocycles. The smallest absolute Gasteiger partial charge is 0.307 e. The molecule has 0 radical (unpaired) electrons. The first-order chi connectivity index (χ1) is 7.47. The standard InChI is InChI=1S/C9H5F2IN2O2/c10-9(11)8-5(2-13)4(1-7(15)16)6(12)3-14-8/h3,9H,1H2,(H,15,16). The molecule has 4 nitrogen and oxygen atoms in total. The third-order valence-electron chi connectivity index (χ3n) is 1.81. The van der Waals surface area contributed by atoms with Gasteiger partial charge in [-0.1, -0.05) is 0 Å². The van der Waals surface area contributed by atoms with E-state index in [1.165, 1.54) is 0 Å². The van der Waals surface area contributed by atoms with Crippen LogP contribution in [-0.2, 0) is 11.2 Å². The second kappa shape index (κ2) is 5.16. The highest BCUT2D eigenvalue weighted by atomic mass is 127. The Labute approximate surface area is 103 Å². The van der Waals surface area contributed by atoms with Gasteiger partial charge < -0.3 is 5.11 Å². The molecule has 0 aromatic carbocycles. The number of nitrogens with zero attached hydrogens (tertiary/aromatic N) is 2. The van der Waals surface area contributed by atoms with Crippen molar-refractivity contribution in [3.05, 3.63) is 26.6 Å². The molecule has 0 saturated carbocycles. The van der Waals surface area contributed by atoms with E-state index in [9.17, 15) is 13.6 Å². The quantitative estimate of drug-likeness (QED) is 0.857. The zero-order chi connectivity index (χ0) is 12.3. The van der Waals surface area contributed by atoms with Crippen LogP contribution >= 0.6 is 22.6 Å². The summed E-state index contributed by atoms with van der Waals surface area (Å²) in [6.45, 7) is 0. The van der Waals surface area contributed by atoms with E-state index in [1.807, 2.05) is 0 Å². The topological polar surface area (TPSA) is 74.0 Å². The first kappa shape index (κ1) is 12.8. The second-order valence-electron chi connectivity index (χ2n) is 2.83. The van der Waals surface area contributed by atoms with Crippen LogP contribution in [0.2, 0.25) is 0 Å². The minimum atomic E-state index is -2.89. The van der Waals surface area contributed by atoms with E-state index < -0.39 is 24.5 Å². The maximum absolute atomic E-state index is 12.5. The summed E-state index contributed by atoms with van der Waals surface area (Å²) in [5.74, 6) is -1.18. The largest absolute Gasteiger partial charge is 0.481 e. The van der Waals surface area contributed by atoms with Crippen LogP contribution < -0.4 is 0 Å². The van der Waals surface area contributed by atoms with Crippen molar-refractivity contribution >= 4 is 28.6 Å². The third kappa shape index (κ3) is 2.63. The number of carboxylic acids is 1. The van der Waals surface area contributed by atoms with Crippen molar-refractivity contribution in [2.45, 2.75) is 12.8 Å². The molecule has 0 atom stereocenters. The van der Waals surface area contributed by atoms with Crippen LogP contribution in [0.5, 0.6) is 0 Å². The average Bonchev–Trinajstić information content (AvgIpc) is 2.19. The maximum Gasteiger partial charge on any atom is 0.307 e. The molecular formula is C9H5F2IN2O2. The lowest BCUT2D eigenvalue weighted by molar-refractivity contribution is -0.136. The minimum Gasteiger partial charge on any atom is -0.481 e. The number of halogens is 3. The minimum absolute atomic E-state index is 0.0842. The molecule has 0 unspecified atom stereocenters. The summed E-state index contributed by atoms with van der Waals surface area (Å²) in [6.07, 6.45) is -2.22. The number of pyridine rings is 1.